The zero-order valence-electron chi connectivity index (χ0n) is 8.32. The Balaban J connectivity index is 2.39. The lowest BCUT2D eigenvalue weighted by Crippen LogP contribution is -2.31. The molecule has 0 aromatic carbocycles. The second-order valence-electron chi connectivity index (χ2n) is 3.65. The number of hydrogen-bond donors (Lipinski definition) is 1. The summed E-state index contributed by atoms with van der Waals surface area (Å²) in [6.07, 6.45) is 2.73. The number of rotatable bonds is 4. The molecule has 2 atom stereocenters. The van der Waals surface area contributed by atoms with Gasteiger partial charge in [-0.1, -0.05) is 6.92 Å². The first kappa shape index (κ1) is 10.9. The highest BCUT2D eigenvalue weighted by molar-refractivity contribution is 7.99. The third-order valence-corrected chi connectivity index (χ3v) is 3.46. The van der Waals surface area contributed by atoms with Gasteiger partial charge in [0, 0.05) is 24.8 Å². The van der Waals surface area contributed by atoms with Crippen LogP contribution in [0.1, 0.15) is 13.3 Å². The first-order valence-corrected chi connectivity index (χ1v) is 5.96. The number of amides is 1. The SMILES string of the molecule is CSC(C)CN1CC(CN)CC1=O. The Kier molecular flexibility index (Phi) is 4.06. The molecule has 1 amide bonds. The molecule has 0 saturated carbocycles. The van der Waals surface area contributed by atoms with E-state index >= 15 is 0 Å². The minimum atomic E-state index is 0.274. The molecule has 1 fully saturated rings. The summed E-state index contributed by atoms with van der Waals surface area (Å²) in [5.41, 5.74) is 5.54. The largest absolute Gasteiger partial charge is 0.341 e. The Labute approximate surface area is 84.0 Å². The molecule has 1 heterocycles. The number of carbonyl (C=O) groups excluding carboxylic acids is 1. The molecule has 0 aliphatic carbocycles. The average molecular weight is 202 g/mol. The summed E-state index contributed by atoms with van der Waals surface area (Å²) >= 11 is 1.80. The van der Waals surface area contributed by atoms with Crippen molar-refractivity contribution in [2.75, 3.05) is 25.9 Å². The van der Waals surface area contributed by atoms with Crippen LogP contribution in [-0.4, -0.2) is 41.9 Å². The first-order chi connectivity index (χ1) is 6.17. The van der Waals surface area contributed by atoms with Crippen molar-refractivity contribution < 1.29 is 4.79 Å². The Bertz CT molecular complexity index is 186. The van der Waals surface area contributed by atoms with E-state index in [1.54, 1.807) is 11.8 Å². The van der Waals surface area contributed by atoms with Gasteiger partial charge in [-0.15, -0.1) is 0 Å². The molecule has 0 radical (unpaired) electrons. The smallest absolute Gasteiger partial charge is 0.223 e. The molecule has 1 aliphatic heterocycles. The van der Waals surface area contributed by atoms with E-state index in [2.05, 4.69) is 13.2 Å². The molecule has 3 nitrogen and oxygen atoms in total. The van der Waals surface area contributed by atoms with Crippen molar-refractivity contribution in [3.8, 4) is 0 Å². The lowest BCUT2D eigenvalue weighted by Gasteiger charge is -2.19. The summed E-state index contributed by atoms with van der Waals surface area (Å²) in [6.45, 7) is 4.51. The Morgan fingerprint density at radius 2 is 2.46 bits per heavy atom. The third kappa shape index (κ3) is 2.88. The number of nitrogens with two attached hydrogens (primary N) is 1. The molecule has 1 rings (SSSR count). The predicted molar refractivity (Wildman–Crippen MR) is 56.7 cm³/mol. The summed E-state index contributed by atoms with van der Waals surface area (Å²) in [4.78, 5) is 13.4. The molecule has 13 heavy (non-hydrogen) atoms. The molecule has 2 unspecified atom stereocenters. The second kappa shape index (κ2) is 4.86. The maximum absolute atomic E-state index is 11.5. The fraction of sp³-hybridized carbons (Fsp3) is 0.889. The summed E-state index contributed by atoms with van der Waals surface area (Å²) < 4.78 is 0. The maximum atomic E-state index is 11.5. The molecule has 1 saturated heterocycles. The van der Waals surface area contributed by atoms with Crippen LogP contribution >= 0.6 is 11.8 Å². The van der Waals surface area contributed by atoms with Gasteiger partial charge in [0.1, 0.15) is 0 Å². The summed E-state index contributed by atoms with van der Waals surface area (Å²) in [5.74, 6) is 0.665. The fourth-order valence-corrected chi connectivity index (χ4v) is 1.90. The lowest BCUT2D eigenvalue weighted by atomic mass is 10.1. The third-order valence-electron chi connectivity index (χ3n) is 2.51. The molecule has 76 valence electrons. The van der Waals surface area contributed by atoms with Crippen molar-refractivity contribution in [1.29, 1.82) is 0 Å². The molecular formula is C9H18N2OS. The Hall–Kier alpha value is -0.220. The number of hydrogen-bond acceptors (Lipinski definition) is 3. The van der Waals surface area contributed by atoms with Crippen LogP contribution in [0, 0.1) is 5.92 Å². The maximum Gasteiger partial charge on any atom is 0.223 e. The van der Waals surface area contributed by atoms with E-state index in [1.165, 1.54) is 0 Å². The van der Waals surface area contributed by atoms with Gasteiger partial charge in [-0.05, 0) is 18.7 Å². The number of thioether (sulfide) groups is 1. The zero-order valence-corrected chi connectivity index (χ0v) is 9.14. The van der Waals surface area contributed by atoms with E-state index in [9.17, 15) is 4.79 Å². The van der Waals surface area contributed by atoms with Crippen LogP contribution in [0.15, 0.2) is 0 Å². The summed E-state index contributed by atoms with van der Waals surface area (Å²) in [7, 11) is 0. The van der Waals surface area contributed by atoms with Gasteiger partial charge in [-0.25, -0.2) is 0 Å². The van der Waals surface area contributed by atoms with Gasteiger partial charge in [-0.3, -0.25) is 4.79 Å². The van der Waals surface area contributed by atoms with Crippen LogP contribution in [0.3, 0.4) is 0 Å². The topological polar surface area (TPSA) is 46.3 Å². The molecule has 4 heteroatoms. The number of likely N-dealkylation sites (tertiary alicyclic amines) is 1. The molecule has 0 spiro atoms. The van der Waals surface area contributed by atoms with Gasteiger partial charge in [0.2, 0.25) is 5.91 Å². The lowest BCUT2D eigenvalue weighted by molar-refractivity contribution is -0.127. The molecule has 2 N–H and O–H groups in total. The van der Waals surface area contributed by atoms with E-state index in [4.69, 9.17) is 5.73 Å². The van der Waals surface area contributed by atoms with Crippen molar-refractivity contribution >= 4 is 17.7 Å². The van der Waals surface area contributed by atoms with Crippen LogP contribution in [0.2, 0.25) is 0 Å². The molecule has 0 bridgehead atoms. The van der Waals surface area contributed by atoms with E-state index in [-0.39, 0.29) is 5.91 Å². The standard InChI is InChI=1S/C9H18N2OS/c1-7(13-2)5-11-6-8(4-10)3-9(11)12/h7-8H,3-6,10H2,1-2H3. The minimum absolute atomic E-state index is 0.274. The van der Waals surface area contributed by atoms with Crippen LogP contribution in [0.5, 0.6) is 0 Å². The quantitative estimate of drug-likeness (QED) is 0.724. The predicted octanol–water partition coefficient (Wildman–Crippen LogP) is 0.545. The Morgan fingerprint density at radius 1 is 1.77 bits per heavy atom. The molecule has 0 aromatic rings. The molecule has 1 aliphatic rings. The van der Waals surface area contributed by atoms with Crippen LogP contribution in [0.25, 0.3) is 0 Å². The second-order valence-corrected chi connectivity index (χ2v) is 4.93. The van der Waals surface area contributed by atoms with Crippen LogP contribution in [0.4, 0.5) is 0 Å². The van der Waals surface area contributed by atoms with Crippen molar-refractivity contribution in [3.63, 3.8) is 0 Å². The van der Waals surface area contributed by atoms with Crippen LogP contribution < -0.4 is 5.73 Å². The summed E-state index contributed by atoms with van der Waals surface area (Å²) in [5, 5.41) is 0.528. The number of carbonyl (C=O) groups is 1. The monoisotopic (exact) mass is 202 g/mol. The van der Waals surface area contributed by atoms with Crippen LogP contribution in [-0.2, 0) is 4.79 Å². The van der Waals surface area contributed by atoms with E-state index in [1.807, 2.05) is 4.90 Å². The minimum Gasteiger partial charge on any atom is -0.341 e. The summed E-state index contributed by atoms with van der Waals surface area (Å²) in [6, 6.07) is 0. The van der Waals surface area contributed by atoms with Crippen molar-refractivity contribution in [2.24, 2.45) is 11.7 Å². The molecule has 0 aromatic heterocycles. The Morgan fingerprint density at radius 3 is 2.92 bits per heavy atom. The zero-order chi connectivity index (χ0) is 9.84. The average Bonchev–Trinajstić information content (AvgIpc) is 2.47. The van der Waals surface area contributed by atoms with Gasteiger partial charge < -0.3 is 10.6 Å². The highest BCUT2D eigenvalue weighted by Gasteiger charge is 2.28. The van der Waals surface area contributed by atoms with Gasteiger partial charge >= 0.3 is 0 Å². The van der Waals surface area contributed by atoms with Crippen molar-refractivity contribution in [3.05, 3.63) is 0 Å². The van der Waals surface area contributed by atoms with E-state index in [0.717, 1.165) is 13.1 Å². The van der Waals surface area contributed by atoms with E-state index in [0.29, 0.717) is 24.1 Å². The number of nitrogens with zero attached hydrogens (tertiary/aromatic N) is 1. The van der Waals surface area contributed by atoms with Gasteiger partial charge in [-0.2, -0.15) is 11.8 Å². The van der Waals surface area contributed by atoms with Crippen molar-refractivity contribution in [2.45, 2.75) is 18.6 Å². The van der Waals surface area contributed by atoms with Gasteiger partial charge in [0.25, 0.3) is 0 Å². The fourth-order valence-electron chi connectivity index (χ4n) is 1.57. The highest BCUT2D eigenvalue weighted by Crippen LogP contribution is 2.18. The van der Waals surface area contributed by atoms with Crippen molar-refractivity contribution in [1.82, 2.24) is 4.90 Å². The van der Waals surface area contributed by atoms with Gasteiger partial charge in [0.05, 0.1) is 0 Å². The normalized spacial score (nSPS) is 25.3. The first-order valence-electron chi connectivity index (χ1n) is 4.68. The highest BCUT2D eigenvalue weighted by atomic mass is 32.2. The van der Waals surface area contributed by atoms with E-state index < -0.39 is 0 Å². The van der Waals surface area contributed by atoms with Gasteiger partial charge in [0.15, 0.2) is 0 Å². The molecular weight excluding hydrogens is 184 g/mol.